The molecule has 0 radical (unpaired) electrons. The van der Waals surface area contributed by atoms with Gasteiger partial charge in [0.05, 0.1) is 19.4 Å². The quantitative estimate of drug-likeness (QED) is 0.824. The summed E-state index contributed by atoms with van der Waals surface area (Å²) in [6, 6.07) is 0.484. The Labute approximate surface area is 132 Å². The van der Waals surface area contributed by atoms with Crippen LogP contribution in [0.5, 0.6) is 0 Å². The molecule has 1 amide bonds. The first kappa shape index (κ1) is 15.5. The maximum atomic E-state index is 12.5. The molecule has 6 nitrogen and oxygen atoms in total. The highest BCUT2D eigenvalue weighted by Gasteiger charge is 2.37. The Hall–Kier alpha value is -1.40. The highest BCUT2D eigenvalue weighted by Crippen LogP contribution is 2.25. The fourth-order valence-corrected chi connectivity index (χ4v) is 3.57. The summed E-state index contributed by atoms with van der Waals surface area (Å²) < 4.78 is 7.19. The van der Waals surface area contributed by atoms with Crippen LogP contribution in [-0.4, -0.2) is 70.9 Å². The molecule has 0 aliphatic carbocycles. The molecule has 122 valence electrons. The Morgan fingerprint density at radius 3 is 2.77 bits per heavy atom. The minimum Gasteiger partial charge on any atom is -0.379 e. The fourth-order valence-electron chi connectivity index (χ4n) is 3.57. The molecule has 6 heteroatoms. The van der Waals surface area contributed by atoms with Gasteiger partial charge in [-0.15, -0.1) is 0 Å². The normalized spacial score (nSPS) is 26.5. The second-order valence-electron chi connectivity index (χ2n) is 6.40. The van der Waals surface area contributed by atoms with E-state index in [1.54, 1.807) is 10.9 Å². The number of morpholine rings is 1. The van der Waals surface area contributed by atoms with E-state index < -0.39 is 0 Å². The van der Waals surface area contributed by atoms with Gasteiger partial charge in [0.25, 0.3) is 0 Å². The lowest BCUT2D eigenvalue weighted by Crippen LogP contribution is -2.47. The van der Waals surface area contributed by atoms with Gasteiger partial charge in [0.15, 0.2) is 0 Å². The van der Waals surface area contributed by atoms with Gasteiger partial charge in [-0.2, -0.15) is 5.10 Å². The zero-order valence-corrected chi connectivity index (χ0v) is 13.6. The molecule has 22 heavy (non-hydrogen) atoms. The molecule has 1 aromatic heterocycles. The predicted molar refractivity (Wildman–Crippen MR) is 83.5 cm³/mol. The largest absolute Gasteiger partial charge is 0.379 e. The molecule has 0 aromatic carbocycles. The molecular weight excluding hydrogens is 280 g/mol. The van der Waals surface area contributed by atoms with Gasteiger partial charge in [0.2, 0.25) is 5.91 Å². The standard InChI is InChI=1S/C16H26N4O2/c1-3-14-10-19(11-15(14)18-4-6-22-7-5-18)16(21)12-20-9-13(2)8-17-20/h8-9,14-15H,3-7,10-12H2,1-2H3. The number of hydrogen-bond donors (Lipinski definition) is 0. The zero-order chi connectivity index (χ0) is 15.5. The number of carbonyl (C=O) groups excluding carboxylic acids is 1. The average molecular weight is 306 g/mol. The zero-order valence-electron chi connectivity index (χ0n) is 13.6. The lowest BCUT2D eigenvalue weighted by molar-refractivity contribution is -0.131. The molecule has 2 saturated heterocycles. The number of hydrogen-bond acceptors (Lipinski definition) is 4. The van der Waals surface area contributed by atoms with Crippen molar-refractivity contribution in [3.05, 3.63) is 18.0 Å². The van der Waals surface area contributed by atoms with Crippen molar-refractivity contribution >= 4 is 5.91 Å². The van der Waals surface area contributed by atoms with Crippen molar-refractivity contribution in [3.8, 4) is 0 Å². The lowest BCUT2D eigenvalue weighted by Gasteiger charge is -2.34. The van der Waals surface area contributed by atoms with Crippen molar-refractivity contribution in [2.75, 3.05) is 39.4 Å². The molecular formula is C16H26N4O2. The van der Waals surface area contributed by atoms with Crippen molar-refractivity contribution in [2.24, 2.45) is 5.92 Å². The van der Waals surface area contributed by atoms with E-state index in [2.05, 4.69) is 16.9 Å². The lowest BCUT2D eigenvalue weighted by atomic mass is 9.99. The van der Waals surface area contributed by atoms with Crippen molar-refractivity contribution in [1.82, 2.24) is 19.6 Å². The molecule has 2 aliphatic rings. The molecule has 2 aliphatic heterocycles. The number of aryl methyl sites for hydroxylation is 1. The first-order chi connectivity index (χ1) is 10.7. The summed E-state index contributed by atoms with van der Waals surface area (Å²) in [5.41, 5.74) is 1.09. The van der Waals surface area contributed by atoms with Gasteiger partial charge in [0.1, 0.15) is 6.54 Å². The van der Waals surface area contributed by atoms with E-state index in [0.29, 0.717) is 18.5 Å². The van der Waals surface area contributed by atoms with Gasteiger partial charge < -0.3 is 9.64 Å². The van der Waals surface area contributed by atoms with Crippen molar-refractivity contribution in [1.29, 1.82) is 0 Å². The maximum Gasteiger partial charge on any atom is 0.244 e. The first-order valence-electron chi connectivity index (χ1n) is 8.26. The van der Waals surface area contributed by atoms with Gasteiger partial charge >= 0.3 is 0 Å². The van der Waals surface area contributed by atoms with Gasteiger partial charge in [0, 0.05) is 38.4 Å². The van der Waals surface area contributed by atoms with Crippen molar-refractivity contribution in [3.63, 3.8) is 0 Å². The van der Waals surface area contributed by atoms with Crippen molar-refractivity contribution in [2.45, 2.75) is 32.9 Å². The van der Waals surface area contributed by atoms with E-state index in [0.717, 1.165) is 51.4 Å². The van der Waals surface area contributed by atoms with E-state index in [4.69, 9.17) is 4.74 Å². The van der Waals surface area contributed by atoms with E-state index in [9.17, 15) is 4.79 Å². The molecule has 0 saturated carbocycles. The fraction of sp³-hybridized carbons (Fsp3) is 0.750. The van der Waals surface area contributed by atoms with E-state index in [1.807, 2.05) is 18.0 Å². The minimum atomic E-state index is 0.178. The number of amides is 1. The summed E-state index contributed by atoms with van der Waals surface area (Å²) in [6.45, 7) is 9.88. The van der Waals surface area contributed by atoms with Crippen LogP contribution in [0.4, 0.5) is 0 Å². The summed E-state index contributed by atoms with van der Waals surface area (Å²) in [5, 5.41) is 4.22. The Morgan fingerprint density at radius 1 is 1.36 bits per heavy atom. The van der Waals surface area contributed by atoms with Gasteiger partial charge in [-0.1, -0.05) is 13.3 Å². The Morgan fingerprint density at radius 2 is 2.14 bits per heavy atom. The first-order valence-corrected chi connectivity index (χ1v) is 8.26. The molecule has 1 aromatic rings. The molecule has 2 unspecified atom stereocenters. The van der Waals surface area contributed by atoms with E-state index >= 15 is 0 Å². The third-order valence-electron chi connectivity index (χ3n) is 4.86. The van der Waals surface area contributed by atoms with Crippen LogP contribution in [-0.2, 0) is 16.1 Å². The number of aromatic nitrogens is 2. The summed E-state index contributed by atoms with van der Waals surface area (Å²) in [7, 11) is 0. The van der Waals surface area contributed by atoms with Gasteiger partial charge in [-0.25, -0.2) is 0 Å². The van der Waals surface area contributed by atoms with Crippen LogP contribution in [0.25, 0.3) is 0 Å². The summed E-state index contributed by atoms with van der Waals surface area (Å²) in [4.78, 5) is 17.1. The Bertz CT molecular complexity index is 510. The topological polar surface area (TPSA) is 50.6 Å². The van der Waals surface area contributed by atoms with Crippen LogP contribution >= 0.6 is 0 Å². The SMILES string of the molecule is CCC1CN(C(=O)Cn2cc(C)cn2)CC1N1CCOCC1. The number of nitrogens with zero attached hydrogens (tertiary/aromatic N) is 4. The van der Waals surface area contributed by atoms with Crippen LogP contribution < -0.4 is 0 Å². The molecule has 3 rings (SSSR count). The highest BCUT2D eigenvalue weighted by molar-refractivity contribution is 5.76. The molecule has 0 N–H and O–H groups in total. The highest BCUT2D eigenvalue weighted by atomic mass is 16.5. The number of ether oxygens (including phenoxy) is 1. The van der Waals surface area contributed by atoms with Gasteiger partial charge in [-0.05, 0) is 18.4 Å². The van der Waals surface area contributed by atoms with Crippen LogP contribution in [0, 0.1) is 12.8 Å². The van der Waals surface area contributed by atoms with Gasteiger partial charge in [-0.3, -0.25) is 14.4 Å². The van der Waals surface area contributed by atoms with E-state index in [1.165, 1.54) is 0 Å². The maximum absolute atomic E-state index is 12.5. The molecule has 0 bridgehead atoms. The minimum absolute atomic E-state index is 0.178. The predicted octanol–water partition coefficient (Wildman–Crippen LogP) is 0.761. The third kappa shape index (κ3) is 3.33. The molecule has 2 atom stereocenters. The Balaban J connectivity index is 1.61. The molecule has 2 fully saturated rings. The summed E-state index contributed by atoms with van der Waals surface area (Å²) >= 11 is 0. The number of rotatable bonds is 4. The van der Waals surface area contributed by atoms with Crippen LogP contribution in [0.15, 0.2) is 12.4 Å². The summed E-state index contributed by atoms with van der Waals surface area (Å²) in [6.07, 6.45) is 4.83. The smallest absolute Gasteiger partial charge is 0.244 e. The molecule has 0 spiro atoms. The third-order valence-corrected chi connectivity index (χ3v) is 4.86. The monoisotopic (exact) mass is 306 g/mol. The number of likely N-dealkylation sites (tertiary alicyclic amines) is 1. The second-order valence-corrected chi connectivity index (χ2v) is 6.40. The average Bonchev–Trinajstić information content (AvgIpc) is 3.14. The van der Waals surface area contributed by atoms with E-state index in [-0.39, 0.29) is 5.91 Å². The van der Waals surface area contributed by atoms with Crippen molar-refractivity contribution < 1.29 is 9.53 Å². The van der Waals surface area contributed by atoms with Crippen LogP contribution in [0.3, 0.4) is 0 Å². The van der Waals surface area contributed by atoms with Crippen LogP contribution in [0.1, 0.15) is 18.9 Å². The number of carbonyl (C=O) groups is 1. The van der Waals surface area contributed by atoms with Crippen LogP contribution in [0.2, 0.25) is 0 Å². The molecule has 3 heterocycles. The Kier molecular flexibility index (Phi) is 4.78. The second kappa shape index (κ2) is 6.79. The summed E-state index contributed by atoms with van der Waals surface area (Å²) in [5.74, 6) is 0.749.